The minimum atomic E-state index is -0.122. The van der Waals surface area contributed by atoms with Crippen molar-refractivity contribution in [3.05, 3.63) is 0 Å². The van der Waals surface area contributed by atoms with E-state index < -0.39 is 0 Å². The van der Waals surface area contributed by atoms with Crippen LogP contribution in [0.4, 0.5) is 0 Å². The minimum Gasteiger partial charge on any atom is -0.463 e. The molecule has 0 saturated heterocycles. The predicted octanol–water partition coefficient (Wildman–Crippen LogP) is 11.2. The highest BCUT2D eigenvalue weighted by atomic mass is 16.6. The van der Waals surface area contributed by atoms with Crippen LogP contribution in [0, 0.1) is 0 Å². The molecule has 0 saturated carbocycles. The second-order valence-corrected chi connectivity index (χ2v) is 14.7. The van der Waals surface area contributed by atoms with E-state index in [0.29, 0.717) is 98.9 Å². The van der Waals surface area contributed by atoms with Gasteiger partial charge in [-0.05, 0) is 12.8 Å². The molecule has 324 valence electrons. The van der Waals surface area contributed by atoms with Crippen LogP contribution in [0.5, 0.6) is 0 Å². The normalized spacial score (nSPS) is 11.5. The Labute approximate surface area is 334 Å². The molecule has 0 N–H and O–H groups in total. The monoisotopic (exact) mass is 775 g/mol. The third-order valence-corrected chi connectivity index (χ3v) is 9.60. The molecular weight excluding hydrogens is 684 g/mol. The van der Waals surface area contributed by atoms with Crippen LogP contribution in [-0.2, 0) is 42.7 Å². The summed E-state index contributed by atoms with van der Waals surface area (Å²) in [7, 11) is 0. The van der Waals surface area contributed by atoms with Gasteiger partial charge in [0, 0.05) is 13.0 Å². The molecule has 0 rings (SSSR count). The Kier molecular flexibility index (Phi) is 49.5. The first-order valence-electron chi connectivity index (χ1n) is 23.0. The third kappa shape index (κ3) is 49.2. The smallest absolute Gasteiger partial charge is 0.305 e. The molecule has 9 nitrogen and oxygen atoms in total. The molecule has 9 heteroatoms. The number of carbonyl (C=O) groups excluding carboxylic acids is 1. The van der Waals surface area contributed by atoms with Crippen molar-refractivity contribution in [2.45, 2.75) is 187 Å². The lowest BCUT2D eigenvalue weighted by Crippen LogP contribution is -2.15. The number of unbranched alkanes of at least 4 members (excludes halogenated alkanes) is 24. The number of hydrogen-bond acceptors (Lipinski definition) is 9. The topological polar surface area (TPSA) is 90.9 Å². The lowest BCUT2D eigenvalue weighted by molar-refractivity contribution is -0.145. The van der Waals surface area contributed by atoms with Gasteiger partial charge in [-0.2, -0.15) is 0 Å². The molecule has 0 aliphatic carbocycles. The molecule has 0 radical (unpaired) electrons. The molecule has 0 aromatic rings. The van der Waals surface area contributed by atoms with Crippen LogP contribution in [0.1, 0.15) is 187 Å². The molecule has 0 fully saturated rings. The number of carbonyl (C=O) groups is 1. The van der Waals surface area contributed by atoms with E-state index in [2.05, 4.69) is 13.8 Å². The zero-order chi connectivity index (χ0) is 38.9. The molecule has 0 aromatic carbocycles. The van der Waals surface area contributed by atoms with Crippen molar-refractivity contribution < 1.29 is 42.7 Å². The molecule has 54 heavy (non-hydrogen) atoms. The van der Waals surface area contributed by atoms with Crippen LogP contribution in [0.3, 0.4) is 0 Å². The van der Waals surface area contributed by atoms with Gasteiger partial charge in [0.1, 0.15) is 6.61 Å². The largest absolute Gasteiger partial charge is 0.463 e. The maximum absolute atomic E-state index is 11.9. The van der Waals surface area contributed by atoms with Crippen molar-refractivity contribution in [1.82, 2.24) is 0 Å². The zero-order valence-corrected chi connectivity index (χ0v) is 35.9. The minimum absolute atomic E-state index is 0.122. The Morgan fingerprint density at radius 3 is 0.778 bits per heavy atom. The highest BCUT2D eigenvalue weighted by Gasteiger charge is 2.03. The van der Waals surface area contributed by atoms with Crippen LogP contribution < -0.4 is 0 Å². The van der Waals surface area contributed by atoms with Crippen LogP contribution in [0.15, 0.2) is 0 Å². The summed E-state index contributed by atoms with van der Waals surface area (Å²) in [6.07, 6.45) is 35.2. The Hall–Kier alpha value is -0.810. The third-order valence-electron chi connectivity index (χ3n) is 9.60. The van der Waals surface area contributed by atoms with E-state index in [1.165, 1.54) is 148 Å². The van der Waals surface area contributed by atoms with Gasteiger partial charge in [-0.3, -0.25) is 4.79 Å². The summed E-state index contributed by atoms with van der Waals surface area (Å²) < 4.78 is 44.1. The van der Waals surface area contributed by atoms with Gasteiger partial charge in [-0.1, -0.05) is 168 Å². The van der Waals surface area contributed by atoms with Gasteiger partial charge >= 0.3 is 5.97 Å². The summed E-state index contributed by atoms with van der Waals surface area (Å²) in [6.45, 7) is 12.6. The maximum Gasteiger partial charge on any atom is 0.305 e. The molecule has 0 aromatic heterocycles. The van der Waals surface area contributed by atoms with E-state index in [-0.39, 0.29) is 5.97 Å². The van der Waals surface area contributed by atoms with Crippen molar-refractivity contribution >= 4 is 5.97 Å². The fraction of sp³-hybridized carbons (Fsp3) is 0.978. The first-order valence-corrected chi connectivity index (χ1v) is 23.0. The van der Waals surface area contributed by atoms with Gasteiger partial charge in [-0.15, -0.1) is 0 Å². The summed E-state index contributed by atoms with van der Waals surface area (Å²) in [5.74, 6) is -0.122. The number of ether oxygens (including phenoxy) is 8. The van der Waals surface area contributed by atoms with Crippen molar-refractivity contribution in [2.75, 3.05) is 99.1 Å². The lowest BCUT2D eigenvalue weighted by Gasteiger charge is -2.09. The molecule has 0 atom stereocenters. The average molecular weight is 775 g/mol. The summed E-state index contributed by atoms with van der Waals surface area (Å²) in [6, 6.07) is 0. The molecule has 0 bridgehead atoms. The van der Waals surface area contributed by atoms with Crippen molar-refractivity contribution in [3.8, 4) is 0 Å². The van der Waals surface area contributed by atoms with Gasteiger partial charge in [0.05, 0.1) is 85.9 Å². The van der Waals surface area contributed by atoms with Crippen LogP contribution in [0.2, 0.25) is 0 Å². The van der Waals surface area contributed by atoms with Gasteiger partial charge in [-0.25, -0.2) is 0 Å². The SMILES string of the molecule is CCCCCCCCCCCCCCCOCCOCCOCCOCCOCCOCCOCCOC(=O)CCCCCCCCCCCCCCC. The van der Waals surface area contributed by atoms with Crippen LogP contribution in [0.25, 0.3) is 0 Å². The van der Waals surface area contributed by atoms with E-state index in [0.717, 1.165) is 25.9 Å². The van der Waals surface area contributed by atoms with Gasteiger partial charge in [0.15, 0.2) is 0 Å². The molecule has 0 aliphatic rings. The first-order chi connectivity index (χ1) is 26.8. The standard InChI is InChI=1S/C45H90O9/c1-3-5-7-9-11-13-15-17-19-21-23-25-27-29-45(46)54-44-43-53-42-41-52-40-39-51-38-37-50-36-35-49-34-33-48-32-31-47-30-28-26-24-22-20-18-16-14-12-10-8-6-4-2/h3-44H2,1-2H3. The second-order valence-electron chi connectivity index (χ2n) is 14.7. The Bertz CT molecular complexity index is 682. The Morgan fingerprint density at radius 1 is 0.259 bits per heavy atom. The van der Waals surface area contributed by atoms with Crippen molar-refractivity contribution in [2.24, 2.45) is 0 Å². The van der Waals surface area contributed by atoms with E-state index in [1.54, 1.807) is 0 Å². The molecule has 0 amide bonds. The van der Waals surface area contributed by atoms with E-state index >= 15 is 0 Å². The Morgan fingerprint density at radius 2 is 0.481 bits per heavy atom. The molecular formula is C45H90O9. The zero-order valence-electron chi connectivity index (χ0n) is 35.9. The summed E-state index contributed by atoms with van der Waals surface area (Å²) in [4.78, 5) is 11.9. The Balaban J connectivity index is 3.12. The summed E-state index contributed by atoms with van der Waals surface area (Å²) >= 11 is 0. The molecule has 0 heterocycles. The quantitative estimate of drug-likeness (QED) is 0.0442. The van der Waals surface area contributed by atoms with E-state index in [4.69, 9.17) is 37.9 Å². The average Bonchev–Trinajstić information content (AvgIpc) is 3.18. The number of rotatable bonds is 49. The molecule has 0 spiro atoms. The van der Waals surface area contributed by atoms with Gasteiger partial charge < -0.3 is 37.9 Å². The molecule has 0 unspecified atom stereocenters. The maximum atomic E-state index is 11.9. The lowest BCUT2D eigenvalue weighted by atomic mass is 10.0. The van der Waals surface area contributed by atoms with Gasteiger partial charge in [0.2, 0.25) is 0 Å². The van der Waals surface area contributed by atoms with Crippen molar-refractivity contribution in [1.29, 1.82) is 0 Å². The van der Waals surface area contributed by atoms with Gasteiger partial charge in [0.25, 0.3) is 0 Å². The summed E-state index contributed by atoms with van der Waals surface area (Å²) in [5, 5.41) is 0. The summed E-state index contributed by atoms with van der Waals surface area (Å²) in [5.41, 5.74) is 0. The highest BCUT2D eigenvalue weighted by Crippen LogP contribution is 2.14. The number of esters is 1. The predicted molar refractivity (Wildman–Crippen MR) is 223 cm³/mol. The second kappa shape index (κ2) is 50.2. The fourth-order valence-corrected chi connectivity index (χ4v) is 6.22. The highest BCUT2D eigenvalue weighted by molar-refractivity contribution is 5.69. The molecule has 0 aliphatic heterocycles. The van der Waals surface area contributed by atoms with Crippen LogP contribution >= 0.6 is 0 Å². The van der Waals surface area contributed by atoms with Crippen LogP contribution in [-0.4, -0.2) is 105 Å². The fourth-order valence-electron chi connectivity index (χ4n) is 6.22. The van der Waals surface area contributed by atoms with Crippen molar-refractivity contribution in [3.63, 3.8) is 0 Å². The number of hydrogen-bond donors (Lipinski definition) is 0. The van der Waals surface area contributed by atoms with E-state index in [1.807, 2.05) is 0 Å². The first kappa shape index (κ1) is 53.2. The van der Waals surface area contributed by atoms with E-state index in [9.17, 15) is 4.79 Å².